The summed E-state index contributed by atoms with van der Waals surface area (Å²) in [6.45, 7) is 6.95. The van der Waals surface area contributed by atoms with Gasteiger partial charge in [0, 0.05) is 5.41 Å². The van der Waals surface area contributed by atoms with Gasteiger partial charge in [0.1, 0.15) is 0 Å². The van der Waals surface area contributed by atoms with Crippen LogP contribution in [0.5, 0.6) is 0 Å². The lowest BCUT2D eigenvalue weighted by molar-refractivity contribution is -0.313. The molecule has 0 unspecified atom stereocenters. The van der Waals surface area contributed by atoms with Gasteiger partial charge in [-0.25, -0.2) is 4.79 Å². The minimum Gasteiger partial charge on any atom is -0.463 e. The molecule has 3 heteroatoms. The number of hydrogen-bond donors (Lipinski definition) is 0. The Morgan fingerprint density at radius 2 is 1.81 bits per heavy atom. The molecule has 0 amide bonds. The maximum Gasteiger partial charge on any atom is 0.343 e. The van der Waals surface area contributed by atoms with Crippen molar-refractivity contribution in [1.82, 2.24) is 0 Å². The zero-order valence-corrected chi connectivity index (χ0v) is 13.1. The van der Waals surface area contributed by atoms with Gasteiger partial charge < -0.3 is 9.47 Å². The maximum atomic E-state index is 12.8. The first kappa shape index (κ1) is 14.6. The predicted molar refractivity (Wildman–Crippen MR) is 80.7 cm³/mol. The van der Waals surface area contributed by atoms with Crippen LogP contribution in [0.4, 0.5) is 0 Å². The van der Waals surface area contributed by atoms with Gasteiger partial charge in [-0.1, -0.05) is 51.1 Å². The van der Waals surface area contributed by atoms with Crippen LogP contribution in [0.2, 0.25) is 0 Å². The van der Waals surface area contributed by atoms with E-state index in [1.54, 1.807) is 0 Å². The van der Waals surface area contributed by atoms with Crippen molar-refractivity contribution in [1.29, 1.82) is 0 Å². The summed E-state index contributed by atoms with van der Waals surface area (Å²) in [5, 5.41) is 0. The van der Waals surface area contributed by atoms with E-state index in [2.05, 4.69) is 20.8 Å². The average molecular weight is 288 g/mol. The van der Waals surface area contributed by atoms with Gasteiger partial charge in [0.15, 0.2) is 5.60 Å². The molecule has 0 radical (unpaired) electrons. The van der Waals surface area contributed by atoms with Crippen molar-refractivity contribution in [2.75, 3.05) is 6.61 Å². The largest absolute Gasteiger partial charge is 0.463 e. The molecule has 0 aliphatic carbocycles. The van der Waals surface area contributed by atoms with Crippen LogP contribution in [0.3, 0.4) is 0 Å². The normalized spacial score (nSPS) is 35.5. The van der Waals surface area contributed by atoms with Crippen molar-refractivity contribution in [3.8, 4) is 0 Å². The van der Waals surface area contributed by atoms with E-state index in [0.29, 0.717) is 12.5 Å². The molecule has 1 aromatic carbocycles. The van der Waals surface area contributed by atoms with Gasteiger partial charge in [0.2, 0.25) is 0 Å². The van der Waals surface area contributed by atoms with E-state index in [4.69, 9.17) is 9.47 Å². The summed E-state index contributed by atoms with van der Waals surface area (Å²) in [5.41, 5.74) is -0.285. The Hall–Kier alpha value is -1.35. The third-order valence-corrected chi connectivity index (χ3v) is 5.26. The molecule has 3 aliphatic heterocycles. The van der Waals surface area contributed by atoms with Gasteiger partial charge in [-0.3, -0.25) is 0 Å². The monoisotopic (exact) mass is 288 g/mol. The molecule has 3 aliphatic rings. The number of carbonyl (C=O) groups is 1. The standard InChI is InChI=1S/C18H24O3/c1-13-9-10-15-17(2,3)18(21-15,16(19)20-12-11-13)14-7-5-4-6-8-14/h4-8,13,15H,9-12H2,1-3H3/t13-,15+,18-/m1/s1. The first-order valence-electron chi connectivity index (χ1n) is 7.89. The van der Waals surface area contributed by atoms with Crippen LogP contribution in [0.25, 0.3) is 0 Å². The Kier molecular flexibility index (Phi) is 3.56. The maximum absolute atomic E-state index is 12.8. The van der Waals surface area contributed by atoms with E-state index in [-0.39, 0.29) is 17.5 Å². The van der Waals surface area contributed by atoms with Crippen LogP contribution < -0.4 is 0 Å². The number of rotatable bonds is 1. The molecule has 3 nitrogen and oxygen atoms in total. The Bertz CT molecular complexity index is 523. The smallest absolute Gasteiger partial charge is 0.343 e. The van der Waals surface area contributed by atoms with Crippen LogP contribution in [0, 0.1) is 11.3 Å². The molecule has 21 heavy (non-hydrogen) atoms. The molecule has 3 atom stereocenters. The molecule has 3 fully saturated rings. The summed E-state index contributed by atoms with van der Waals surface area (Å²) in [7, 11) is 0. The van der Waals surface area contributed by atoms with Gasteiger partial charge >= 0.3 is 5.97 Å². The molecule has 0 aromatic heterocycles. The number of ether oxygens (including phenoxy) is 2. The van der Waals surface area contributed by atoms with E-state index >= 15 is 0 Å². The van der Waals surface area contributed by atoms with Gasteiger partial charge in [0.05, 0.1) is 12.7 Å². The van der Waals surface area contributed by atoms with Crippen LogP contribution >= 0.6 is 0 Å². The molecule has 0 N–H and O–H groups in total. The third-order valence-electron chi connectivity index (χ3n) is 5.26. The average Bonchev–Trinajstić information content (AvgIpc) is 2.47. The highest BCUT2D eigenvalue weighted by atomic mass is 16.6. The predicted octanol–water partition coefficient (Wildman–Crippen LogP) is 3.67. The van der Waals surface area contributed by atoms with Crippen molar-refractivity contribution in [3.63, 3.8) is 0 Å². The van der Waals surface area contributed by atoms with Crippen molar-refractivity contribution >= 4 is 5.97 Å². The second kappa shape index (κ2) is 5.13. The summed E-state index contributed by atoms with van der Waals surface area (Å²) in [4.78, 5) is 12.8. The Labute approximate surface area is 126 Å². The quantitative estimate of drug-likeness (QED) is 0.740. The fourth-order valence-corrected chi connectivity index (χ4v) is 3.68. The second-order valence-electron chi connectivity index (χ2n) is 6.98. The van der Waals surface area contributed by atoms with Gasteiger partial charge in [-0.15, -0.1) is 0 Å². The summed E-state index contributed by atoms with van der Waals surface area (Å²) in [6.07, 6.45) is 3.18. The molecule has 0 spiro atoms. The molecular formula is C18H24O3. The summed E-state index contributed by atoms with van der Waals surface area (Å²) >= 11 is 0. The van der Waals surface area contributed by atoms with E-state index in [1.807, 2.05) is 30.3 Å². The van der Waals surface area contributed by atoms with E-state index < -0.39 is 5.60 Å². The van der Waals surface area contributed by atoms with Crippen LogP contribution in [-0.4, -0.2) is 18.7 Å². The molecule has 0 saturated carbocycles. The zero-order chi connectivity index (χ0) is 15.1. The molecule has 114 valence electrons. The highest BCUT2D eigenvalue weighted by molar-refractivity contribution is 5.84. The number of benzene rings is 1. The highest BCUT2D eigenvalue weighted by Crippen LogP contribution is 2.58. The molecule has 1 aromatic rings. The van der Waals surface area contributed by atoms with Gasteiger partial charge in [-0.05, 0) is 30.7 Å². The highest BCUT2D eigenvalue weighted by Gasteiger charge is 2.67. The lowest BCUT2D eigenvalue weighted by atomic mass is 9.60. The van der Waals surface area contributed by atoms with Gasteiger partial charge in [0.25, 0.3) is 0 Å². The molecule has 3 saturated heterocycles. The molecule has 2 bridgehead atoms. The molecular weight excluding hydrogens is 264 g/mol. The molecule has 3 heterocycles. The topological polar surface area (TPSA) is 35.5 Å². The lowest BCUT2D eigenvalue weighted by Gasteiger charge is -2.59. The second-order valence-corrected chi connectivity index (χ2v) is 6.98. The van der Waals surface area contributed by atoms with Crippen molar-refractivity contribution in [3.05, 3.63) is 35.9 Å². The summed E-state index contributed by atoms with van der Waals surface area (Å²) in [5.74, 6) is 0.339. The fraction of sp³-hybridized carbons (Fsp3) is 0.611. The van der Waals surface area contributed by atoms with Gasteiger partial charge in [-0.2, -0.15) is 0 Å². The van der Waals surface area contributed by atoms with Crippen LogP contribution in [-0.2, 0) is 19.9 Å². The van der Waals surface area contributed by atoms with E-state index in [9.17, 15) is 4.79 Å². The van der Waals surface area contributed by atoms with Crippen molar-refractivity contribution < 1.29 is 14.3 Å². The number of hydrogen-bond acceptors (Lipinski definition) is 3. The van der Waals surface area contributed by atoms with E-state index in [1.165, 1.54) is 0 Å². The van der Waals surface area contributed by atoms with Crippen LogP contribution in [0.15, 0.2) is 30.3 Å². The summed E-state index contributed by atoms with van der Waals surface area (Å²) in [6, 6.07) is 9.79. The Morgan fingerprint density at radius 3 is 2.48 bits per heavy atom. The Morgan fingerprint density at radius 1 is 1.10 bits per heavy atom. The fourth-order valence-electron chi connectivity index (χ4n) is 3.68. The van der Waals surface area contributed by atoms with Crippen LogP contribution in [0.1, 0.15) is 45.6 Å². The number of carbonyl (C=O) groups excluding carboxylic acids is 1. The zero-order valence-electron chi connectivity index (χ0n) is 13.1. The number of esters is 1. The minimum absolute atomic E-state index is 0.116. The van der Waals surface area contributed by atoms with Crippen molar-refractivity contribution in [2.45, 2.75) is 51.7 Å². The first-order chi connectivity index (χ1) is 9.98. The first-order valence-corrected chi connectivity index (χ1v) is 7.89. The SMILES string of the molecule is C[C@H]1CCOC(=O)[C@@]2(c3ccccc3)O[C@@H](CC1)C2(C)C. The van der Waals surface area contributed by atoms with E-state index in [0.717, 1.165) is 24.8 Å². The van der Waals surface area contributed by atoms with Crippen molar-refractivity contribution in [2.24, 2.45) is 11.3 Å². The number of fused-ring (bicyclic) bond motifs is 6. The molecule has 4 rings (SSSR count). The summed E-state index contributed by atoms with van der Waals surface area (Å²) < 4.78 is 11.8. The minimum atomic E-state index is -0.945. The third kappa shape index (κ3) is 2.10. The lowest BCUT2D eigenvalue weighted by Crippen LogP contribution is -2.68. The Balaban J connectivity index is 1.99.